The van der Waals surface area contributed by atoms with Crippen molar-refractivity contribution in [1.29, 1.82) is 5.26 Å². The van der Waals surface area contributed by atoms with Gasteiger partial charge in [-0.15, -0.1) is 0 Å². The number of hydrogen-bond acceptors (Lipinski definition) is 2. The molecule has 3 heteroatoms. The summed E-state index contributed by atoms with van der Waals surface area (Å²) in [7, 11) is 0. The maximum atomic E-state index is 8.89. The number of aromatic nitrogens is 2. The normalized spacial score (nSPS) is 10.6. The lowest BCUT2D eigenvalue weighted by molar-refractivity contribution is 0.613. The predicted molar refractivity (Wildman–Crippen MR) is 64.1 cm³/mol. The van der Waals surface area contributed by atoms with Crippen LogP contribution < -0.4 is 0 Å². The van der Waals surface area contributed by atoms with Crippen LogP contribution in [-0.2, 0) is 13.0 Å². The first-order valence-electron chi connectivity index (χ1n) is 5.69. The van der Waals surface area contributed by atoms with Crippen LogP contribution in [0.3, 0.4) is 0 Å². The molecule has 1 aromatic heterocycles. The van der Waals surface area contributed by atoms with Crippen LogP contribution >= 0.6 is 0 Å². The van der Waals surface area contributed by atoms with Crippen molar-refractivity contribution in [2.45, 2.75) is 33.2 Å². The number of rotatable bonds is 3. The van der Waals surface area contributed by atoms with E-state index in [1.54, 1.807) is 0 Å². The van der Waals surface area contributed by atoms with Gasteiger partial charge in [0.25, 0.3) is 0 Å². The third-order valence-corrected chi connectivity index (χ3v) is 2.73. The minimum Gasteiger partial charge on any atom is -0.265 e. The van der Waals surface area contributed by atoms with Crippen molar-refractivity contribution in [2.24, 2.45) is 0 Å². The van der Waals surface area contributed by atoms with Gasteiger partial charge in [-0.05, 0) is 31.0 Å². The van der Waals surface area contributed by atoms with Crippen molar-refractivity contribution in [3.05, 3.63) is 29.5 Å². The summed E-state index contributed by atoms with van der Waals surface area (Å²) in [4.78, 5) is 0. The van der Waals surface area contributed by atoms with Crippen LogP contribution in [0.4, 0.5) is 0 Å². The Morgan fingerprint density at radius 2 is 2.19 bits per heavy atom. The minimum absolute atomic E-state index is 0.707. The highest BCUT2D eigenvalue weighted by molar-refractivity contribution is 5.83. The van der Waals surface area contributed by atoms with E-state index in [-0.39, 0.29) is 0 Å². The molecule has 0 bridgehead atoms. The van der Waals surface area contributed by atoms with E-state index in [2.05, 4.69) is 25.0 Å². The van der Waals surface area contributed by atoms with E-state index >= 15 is 0 Å². The Balaban J connectivity index is 2.65. The van der Waals surface area contributed by atoms with E-state index in [1.807, 2.05) is 22.9 Å². The Morgan fingerprint density at radius 1 is 1.38 bits per heavy atom. The van der Waals surface area contributed by atoms with E-state index < -0.39 is 0 Å². The molecule has 0 fully saturated rings. The Kier molecular flexibility index (Phi) is 2.91. The number of hydrogen-bond donors (Lipinski definition) is 0. The lowest BCUT2D eigenvalue weighted by Crippen LogP contribution is -1.98. The first-order chi connectivity index (χ1) is 7.80. The number of nitrogens with zero attached hydrogens (tertiary/aromatic N) is 3. The van der Waals surface area contributed by atoms with Crippen molar-refractivity contribution in [2.75, 3.05) is 0 Å². The molecule has 0 radical (unpaired) electrons. The molecule has 0 N–H and O–H groups in total. The molecular weight excluding hydrogens is 198 g/mol. The van der Waals surface area contributed by atoms with Crippen LogP contribution in [0.25, 0.3) is 10.9 Å². The topological polar surface area (TPSA) is 41.6 Å². The van der Waals surface area contributed by atoms with Crippen LogP contribution in [-0.4, -0.2) is 9.78 Å². The number of aryl methyl sites for hydroxylation is 2. The Hall–Kier alpha value is -1.82. The summed E-state index contributed by atoms with van der Waals surface area (Å²) in [5.41, 5.74) is 2.93. The molecule has 0 aliphatic heterocycles. The quantitative estimate of drug-likeness (QED) is 0.786. The first kappa shape index (κ1) is 10.7. The standard InChI is InChI=1S/C13H15N3/c1-3-7-16-13-6-5-10(9-14)8-11(13)12(4-2)15-16/h5-6,8H,3-4,7H2,1-2H3. The number of fused-ring (bicyclic) bond motifs is 1. The average molecular weight is 213 g/mol. The fraction of sp³-hybridized carbons (Fsp3) is 0.385. The fourth-order valence-electron chi connectivity index (χ4n) is 1.96. The summed E-state index contributed by atoms with van der Waals surface area (Å²) in [5, 5.41) is 14.6. The van der Waals surface area contributed by atoms with Crippen molar-refractivity contribution in [3.63, 3.8) is 0 Å². The summed E-state index contributed by atoms with van der Waals surface area (Å²) in [6.45, 7) is 5.17. The van der Waals surface area contributed by atoms with Crippen molar-refractivity contribution in [3.8, 4) is 6.07 Å². The SMILES string of the molecule is CCCn1nc(CC)c2cc(C#N)ccc21. The monoisotopic (exact) mass is 213 g/mol. The highest BCUT2D eigenvalue weighted by Crippen LogP contribution is 2.20. The molecule has 16 heavy (non-hydrogen) atoms. The lowest BCUT2D eigenvalue weighted by atomic mass is 10.1. The fourth-order valence-corrected chi connectivity index (χ4v) is 1.96. The van der Waals surface area contributed by atoms with Crippen LogP contribution in [0.1, 0.15) is 31.5 Å². The van der Waals surface area contributed by atoms with Gasteiger partial charge in [-0.25, -0.2) is 0 Å². The van der Waals surface area contributed by atoms with E-state index in [0.717, 1.165) is 36.0 Å². The molecular formula is C13H15N3. The van der Waals surface area contributed by atoms with Gasteiger partial charge in [0.2, 0.25) is 0 Å². The zero-order chi connectivity index (χ0) is 11.5. The first-order valence-corrected chi connectivity index (χ1v) is 5.69. The summed E-state index contributed by atoms with van der Waals surface area (Å²) < 4.78 is 2.04. The van der Waals surface area contributed by atoms with Gasteiger partial charge in [0, 0.05) is 11.9 Å². The molecule has 0 spiro atoms. The van der Waals surface area contributed by atoms with Gasteiger partial charge >= 0.3 is 0 Å². The van der Waals surface area contributed by atoms with Crippen molar-refractivity contribution < 1.29 is 0 Å². The third-order valence-electron chi connectivity index (χ3n) is 2.73. The molecule has 0 saturated carbocycles. The summed E-state index contributed by atoms with van der Waals surface area (Å²) in [6.07, 6.45) is 1.97. The van der Waals surface area contributed by atoms with Crippen LogP contribution in [0.15, 0.2) is 18.2 Å². The van der Waals surface area contributed by atoms with Gasteiger partial charge in [-0.1, -0.05) is 13.8 Å². The van der Waals surface area contributed by atoms with Crippen LogP contribution in [0.5, 0.6) is 0 Å². The Morgan fingerprint density at radius 3 is 2.81 bits per heavy atom. The molecule has 1 heterocycles. The van der Waals surface area contributed by atoms with E-state index in [4.69, 9.17) is 5.26 Å². The molecule has 1 aromatic carbocycles. The Labute approximate surface area is 95.3 Å². The molecule has 3 nitrogen and oxygen atoms in total. The zero-order valence-electron chi connectivity index (χ0n) is 9.70. The molecule has 0 saturated heterocycles. The van der Waals surface area contributed by atoms with Crippen LogP contribution in [0.2, 0.25) is 0 Å². The number of nitriles is 1. The largest absolute Gasteiger partial charge is 0.265 e. The molecule has 0 atom stereocenters. The second kappa shape index (κ2) is 4.36. The van der Waals surface area contributed by atoms with Crippen molar-refractivity contribution in [1.82, 2.24) is 9.78 Å². The highest BCUT2D eigenvalue weighted by Gasteiger charge is 2.08. The van der Waals surface area contributed by atoms with Gasteiger partial charge in [0.05, 0.1) is 22.8 Å². The molecule has 2 rings (SSSR count). The molecule has 0 unspecified atom stereocenters. The maximum Gasteiger partial charge on any atom is 0.0991 e. The minimum atomic E-state index is 0.707. The lowest BCUT2D eigenvalue weighted by Gasteiger charge is -1.99. The van der Waals surface area contributed by atoms with Crippen molar-refractivity contribution >= 4 is 10.9 Å². The van der Waals surface area contributed by atoms with Crippen LogP contribution in [0, 0.1) is 11.3 Å². The van der Waals surface area contributed by atoms with E-state index in [9.17, 15) is 0 Å². The molecule has 82 valence electrons. The molecule has 2 aromatic rings. The van der Waals surface area contributed by atoms with Gasteiger partial charge in [-0.3, -0.25) is 4.68 Å². The average Bonchev–Trinajstić information content (AvgIpc) is 2.67. The summed E-state index contributed by atoms with van der Waals surface area (Å²) in [6, 6.07) is 7.96. The van der Waals surface area contributed by atoms with E-state index in [0.29, 0.717) is 5.56 Å². The van der Waals surface area contributed by atoms with Gasteiger partial charge < -0.3 is 0 Å². The smallest absolute Gasteiger partial charge is 0.0991 e. The van der Waals surface area contributed by atoms with Gasteiger partial charge in [0.1, 0.15) is 0 Å². The third kappa shape index (κ3) is 1.67. The maximum absolute atomic E-state index is 8.89. The summed E-state index contributed by atoms with van der Waals surface area (Å²) >= 11 is 0. The summed E-state index contributed by atoms with van der Waals surface area (Å²) in [5.74, 6) is 0. The van der Waals surface area contributed by atoms with Gasteiger partial charge in [-0.2, -0.15) is 10.4 Å². The molecule has 0 aliphatic carbocycles. The zero-order valence-corrected chi connectivity index (χ0v) is 9.70. The Bertz CT molecular complexity index is 546. The molecule has 0 aliphatic rings. The van der Waals surface area contributed by atoms with Gasteiger partial charge in [0.15, 0.2) is 0 Å². The second-order valence-corrected chi connectivity index (χ2v) is 3.87. The highest BCUT2D eigenvalue weighted by atomic mass is 15.3. The van der Waals surface area contributed by atoms with E-state index in [1.165, 1.54) is 0 Å². The molecule has 0 amide bonds. The predicted octanol–water partition coefficient (Wildman–Crippen LogP) is 2.88. The second-order valence-electron chi connectivity index (χ2n) is 3.87. The number of benzene rings is 1.